The van der Waals surface area contributed by atoms with Crippen LogP contribution < -0.4 is 5.32 Å². The summed E-state index contributed by atoms with van der Waals surface area (Å²) >= 11 is 1.40. The molecular formula is C21H21NO3S. The topological polar surface area (TPSA) is 58.6 Å². The monoisotopic (exact) mass is 367 g/mol. The smallest absolute Gasteiger partial charge is 0.350 e. The molecular weight excluding hydrogens is 346 g/mol. The lowest BCUT2D eigenvalue weighted by Crippen LogP contribution is -2.05. The van der Waals surface area contributed by atoms with Crippen LogP contribution in [0, 0.1) is 6.92 Å². The predicted octanol–water partition coefficient (Wildman–Crippen LogP) is 4.61. The molecule has 0 bridgehead atoms. The van der Waals surface area contributed by atoms with Crippen LogP contribution in [0.1, 0.15) is 26.4 Å². The zero-order valence-electron chi connectivity index (χ0n) is 14.8. The molecule has 0 saturated heterocycles. The molecule has 0 aliphatic heterocycles. The molecule has 0 unspecified atom stereocenters. The summed E-state index contributed by atoms with van der Waals surface area (Å²) in [4.78, 5) is 13.7. The molecule has 1 heterocycles. The van der Waals surface area contributed by atoms with Crippen LogP contribution in [0.5, 0.6) is 0 Å². The summed E-state index contributed by atoms with van der Waals surface area (Å²) in [7, 11) is 1.39. The first-order valence-corrected chi connectivity index (χ1v) is 9.14. The number of aliphatic hydroxyl groups is 1. The maximum absolute atomic E-state index is 12.2. The van der Waals surface area contributed by atoms with Crippen molar-refractivity contribution >= 4 is 23.0 Å². The van der Waals surface area contributed by atoms with Crippen molar-refractivity contribution in [2.24, 2.45) is 0 Å². The highest BCUT2D eigenvalue weighted by molar-refractivity contribution is 7.18. The number of carbonyl (C=O) groups excluding carboxylic acids is 1. The van der Waals surface area contributed by atoms with Gasteiger partial charge in [0, 0.05) is 11.4 Å². The molecule has 0 aliphatic rings. The van der Waals surface area contributed by atoms with Crippen LogP contribution in [0.15, 0.2) is 54.6 Å². The van der Waals surface area contributed by atoms with E-state index < -0.39 is 0 Å². The molecule has 3 aromatic rings. The second-order valence-corrected chi connectivity index (χ2v) is 7.09. The lowest BCUT2D eigenvalue weighted by molar-refractivity contribution is 0.0607. The summed E-state index contributed by atoms with van der Waals surface area (Å²) in [6.45, 7) is 2.70. The Balaban J connectivity index is 1.86. The number of hydrogen-bond acceptors (Lipinski definition) is 5. The van der Waals surface area contributed by atoms with Gasteiger partial charge in [0.1, 0.15) is 4.88 Å². The van der Waals surface area contributed by atoms with Crippen molar-refractivity contribution in [2.75, 3.05) is 12.4 Å². The van der Waals surface area contributed by atoms with E-state index >= 15 is 0 Å². The first-order valence-electron chi connectivity index (χ1n) is 8.32. The molecule has 0 spiro atoms. The maximum Gasteiger partial charge on any atom is 0.350 e. The van der Waals surface area contributed by atoms with Crippen molar-refractivity contribution in [1.82, 2.24) is 0 Å². The number of ether oxygens (including phenoxy) is 1. The Morgan fingerprint density at radius 3 is 2.35 bits per heavy atom. The molecule has 4 nitrogen and oxygen atoms in total. The lowest BCUT2D eigenvalue weighted by atomic mass is 10.1. The van der Waals surface area contributed by atoms with E-state index in [4.69, 9.17) is 4.74 Å². The highest BCUT2D eigenvalue weighted by atomic mass is 32.1. The Hall–Kier alpha value is -2.63. The third kappa shape index (κ3) is 4.12. The number of aliphatic hydroxyl groups excluding tert-OH is 1. The third-order valence-corrected chi connectivity index (χ3v) is 5.29. The Kier molecular flexibility index (Phi) is 5.71. The van der Waals surface area contributed by atoms with Crippen LogP contribution in [0.2, 0.25) is 0 Å². The van der Waals surface area contributed by atoms with Gasteiger partial charge in [-0.3, -0.25) is 0 Å². The first kappa shape index (κ1) is 18.2. The van der Waals surface area contributed by atoms with Gasteiger partial charge in [0.05, 0.1) is 19.4 Å². The highest BCUT2D eigenvalue weighted by Gasteiger charge is 2.17. The van der Waals surface area contributed by atoms with E-state index in [1.807, 2.05) is 30.3 Å². The van der Waals surface area contributed by atoms with E-state index in [1.54, 1.807) is 0 Å². The fraction of sp³-hybridized carbons (Fsp3) is 0.190. The summed E-state index contributed by atoms with van der Waals surface area (Å²) in [5, 5.41) is 12.5. The number of hydrogen-bond donors (Lipinski definition) is 2. The van der Waals surface area contributed by atoms with E-state index in [0.29, 0.717) is 11.4 Å². The molecule has 0 amide bonds. The molecule has 2 N–H and O–H groups in total. The minimum Gasteiger partial charge on any atom is -0.465 e. The molecule has 0 radical (unpaired) electrons. The molecule has 0 fully saturated rings. The Labute approximate surface area is 157 Å². The second kappa shape index (κ2) is 8.17. The van der Waals surface area contributed by atoms with Crippen LogP contribution in [0.25, 0.3) is 10.4 Å². The van der Waals surface area contributed by atoms with E-state index in [9.17, 15) is 9.90 Å². The average Bonchev–Trinajstić information content (AvgIpc) is 3.11. The van der Waals surface area contributed by atoms with E-state index in [1.165, 1.54) is 24.0 Å². The number of anilines is 1. The summed E-state index contributed by atoms with van der Waals surface area (Å²) in [6.07, 6.45) is 0. The standard InChI is InChI=1S/C21H21NO3S/c1-14-3-5-15(6-4-14)12-22-18-11-19(26-20(18)21(24)25-2)17-9-7-16(13-23)8-10-17/h3-11,22-23H,12-13H2,1-2H3. The molecule has 26 heavy (non-hydrogen) atoms. The number of nitrogens with one attached hydrogen (secondary N) is 1. The third-order valence-electron chi connectivity index (χ3n) is 4.13. The summed E-state index contributed by atoms with van der Waals surface area (Å²) in [6, 6.07) is 17.9. The van der Waals surface area contributed by atoms with Crippen LogP contribution in [-0.2, 0) is 17.9 Å². The van der Waals surface area contributed by atoms with Crippen molar-refractivity contribution in [2.45, 2.75) is 20.1 Å². The molecule has 1 aromatic heterocycles. The maximum atomic E-state index is 12.2. The summed E-state index contributed by atoms with van der Waals surface area (Å²) < 4.78 is 4.93. The van der Waals surface area contributed by atoms with Crippen molar-refractivity contribution in [3.63, 3.8) is 0 Å². The van der Waals surface area contributed by atoms with Gasteiger partial charge < -0.3 is 15.2 Å². The van der Waals surface area contributed by atoms with Crippen LogP contribution in [-0.4, -0.2) is 18.2 Å². The molecule has 5 heteroatoms. The number of esters is 1. The molecule has 134 valence electrons. The van der Waals surface area contributed by atoms with Crippen LogP contribution in [0.3, 0.4) is 0 Å². The molecule has 0 saturated carbocycles. The van der Waals surface area contributed by atoms with Gasteiger partial charge in [-0.05, 0) is 29.7 Å². The summed E-state index contributed by atoms with van der Waals surface area (Å²) in [5.74, 6) is -0.348. The lowest BCUT2D eigenvalue weighted by Gasteiger charge is -2.07. The van der Waals surface area contributed by atoms with Crippen LogP contribution in [0.4, 0.5) is 5.69 Å². The Bertz CT molecular complexity index is 883. The number of methoxy groups -OCH3 is 1. The SMILES string of the molecule is COC(=O)c1sc(-c2ccc(CO)cc2)cc1NCc1ccc(C)cc1. The van der Waals surface area contributed by atoms with Crippen molar-refractivity contribution in [3.8, 4) is 10.4 Å². The van der Waals surface area contributed by atoms with Gasteiger partial charge in [0.25, 0.3) is 0 Å². The van der Waals surface area contributed by atoms with Crippen molar-refractivity contribution in [1.29, 1.82) is 0 Å². The normalized spacial score (nSPS) is 10.6. The largest absolute Gasteiger partial charge is 0.465 e. The van der Waals surface area contributed by atoms with E-state index in [2.05, 4.69) is 36.5 Å². The van der Waals surface area contributed by atoms with E-state index in [0.717, 1.165) is 27.3 Å². The predicted molar refractivity (Wildman–Crippen MR) is 106 cm³/mol. The zero-order chi connectivity index (χ0) is 18.5. The van der Waals surface area contributed by atoms with Gasteiger partial charge in [-0.2, -0.15) is 0 Å². The fourth-order valence-electron chi connectivity index (χ4n) is 2.59. The fourth-order valence-corrected chi connectivity index (χ4v) is 3.64. The number of aryl methyl sites for hydroxylation is 1. The number of benzene rings is 2. The minimum atomic E-state index is -0.348. The zero-order valence-corrected chi connectivity index (χ0v) is 15.6. The van der Waals surface area contributed by atoms with Gasteiger partial charge in [0.15, 0.2) is 0 Å². The molecule has 0 atom stereocenters. The Morgan fingerprint density at radius 1 is 1.08 bits per heavy atom. The van der Waals surface area contributed by atoms with E-state index in [-0.39, 0.29) is 12.6 Å². The average molecular weight is 367 g/mol. The van der Waals surface area contributed by atoms with Gasteiger partial charge >= 0.3 is 5.97 Å². The summed E-state index contributed by atoms with van der Waals surface area (Å²) in [5.41, 5.74) is 4.99. The first-order chi connectivity index (χ1) is 12.6. The van der Waals surface area contributed by atoms with Gasteiger partial charge in [0.2, 0.25) is 0 Å². The number of carbonyl (C=O) groups is 1. The number of rotatable bonds is 6. The molecule has 2 aromatic carbocycles. The molecule has 3 rings (SSSR count). The highest BCUT2D eigenvalue weighted by Crippen LogP contribution is 2.35. The second-order valence-electron chi connectivity index (χ2n) is 6.04. The molecule has 0 aliphatic carbocycles. The Morgan fingerprint density at radius 2 is 1.73 bits per heavy atom. The van der Waals surface area contributed by atoms with Crippen molar-refractivity contribution < 1.29 is 14.6 Å². The van der Waals surface area contributed by atoms with Gasteiger partial charge in [-0.25, -0.2) is 4.79 Å². The number of thiophene rings is 1. The van der Waals surface area contributed by atoms with Gasteiger partial charge in [-0.15, -0.1) is 11.3 Å². The van der Waals surface area contributed by atoms with Gasteiger partial charge in [-0.1, -0.05) is 54.1 Å². The van der Waals surface area contributed by atoms with Crippen molar-refractivity contribution in [3.05, 3.63) is 76.2 Å². The van der Waals surface area contributed by atoms with Crippen LogP contribution >= 0.6 is 11.3 Å². The minimum absolute atomic E-state index is 0.0154. The quantitative estimate of drug-likeness (QED) is 0.625.